The second-order valence-corrected chi connectivity index (χ2v) is 7.54. The maximum absolute atomic E-state index is 12.9. The fourth-order valence-corrected chi connectivity index (χ4v) is 3.63. The van der Waals surface area contributed by atoms with E-state index in [9.17, 15) is 9.59 Å². The maximum Gasteiger partial charge on any atom is 0.304 e. The molecule has 156 valence electrons. The van der Waals surface area contributed by atoms with Crippen LogP contribution in [-0.4, -0.2) is 35.9 Å². The van der Waals surface area contributed by atoms with E-state index in [0.29, 0.717) is 10.6 Å². The maximum atomic E-state index is 12.9. The Balaban J connectivity index is 1.66. The van der Waals surface area contributed by atoms with Crippen molar-refractivity contribution in [2.24, 2.45) is 0 Å². The SMILES string of the molecule is COc1ccc(/C=[N+]2\NC(=O)[C@H](NC(=O)c3ccc(Cl)cc3)[C@H]2c2ccccc2)cc1. The van der Waals surface area contributed by atoms with Crippen LogP contribution >= 0.6 is 11.6 Å². The van der Waals surface area contributed by atoms with Gasteiger partial charge >= 0.3 is 5.91 Å². The number of hydrazine groups is 1. The van der Waals surface area contributed by atoms with Crippen molar-refractivity contribution in [3.8, 4) is 5.75 Å². The van der Waals surface area contributed by atoms with Crippen LogP contribution in [0.5, 0.6) is 5.75 Å². The molecule has 0 radical (unpaired) electrons. The predicted molar refractivity (Wildman–Crippen MR) is 118 cm³/mol. The monoisotopic (exact) mass is 434 g/mol. The number of nitrogens with zero attached hydrogens (tertiary/aromatic N) is 1. The van der Waals surface area contributed by atoms with Crippen LogP contribution in [0.1, 0.15) is 27.5 Å². The highest BCUT2D eigenvalue weighted by atomic mass is 35.5. The lowest BCUT2D eigenvalue weighted by atomic mass is 10.00. The molecule has 1 aliphatic heterocycles. The molecule has 6 nitrogen and oxygen atoms in total. The number of carbonyl (C=O) groups excluding carboxylic acids is 2. The molecule has 1 aliphatic rings. The minimum atomic E-state index is -0.778. The van der Waals surface area contributed by atoms with Gasteiger partial charge in [0.2, 0.25) is 12.3 Å². The number of amides is 2. The highest BCUT2D eigenvalue weighted by Crippen LogP contribution is 2.25. The number of methoxy groups -OCH3 is 1. The third kappa shape index (κ3) is 4.59. The zero-order valence-corrected chi connectivity index (χ0v) is 17.5. The molecule has 0 unspecified atom stereocenters. The fourth-order valence-electron chi connectivity index (χ4n) is 3.51. The van der Waals surface area contributed by atoms with E-state index in [4.69, 9.17) is 16.3 Å². The van der Waals surface area contributed by atoms with E-state index in [1.165, 1.54) is 0 Å². The van der Waals surface area contributed by atoms with Gasteiger partial charge < -0.3 is 10.1 Å². The van der Waals surface area contributed by atoms with Crippen LogP contribution in [0.4, 0.5) is 0 Å². The van der Waals surface area contributed by atoms with E-state index in [0.717, 1.165) is 16.9 Å². The molecule has 4 rings (SSSR count). The van der Waals surface area contributed by atoms with Crippen molar-refractivity contribution in [2.45, 2.75) is 12.1 Å². The lowest BCUT2D eigenvalue weighted by Gasteiger charge is -2.14. The Morgan fingerprint density at radius 1 is 1.03 bits per heavy atom. The number of hydrogen-bond donors (Lipinski definition) is 2. The number of nitrogens with one attached hydrogen (secondary N) is 2. The first-order chi connectivity index (χ1) is 15.0. The summed E-state index contributed by atoms with van der Waals surface area (Å²) in [5.41, 5.74) is 5.08. The molecule has 1 fully saturated rings. The number of rotatable bonds is 5. The van der Waals surface area contributed by atoms with Crippen molar-refractivity contribution in [1.29, 1.82) is 0 Å². The summed E-state index contributed by atoms with van der Waals surface area (Å²) in [6.07, 6.45) is 1.84. The van der Waals surface area contributed by atoms with Crippen LogP contribution < -0.4 is 15.5 Å². The third-order valence-corrected chi connectivity index (χ3v) is 5.33. The number of benzene rings is 3. The van der Waals surface area contributed by atoms with Gasteiger partial charge in [0.25, 0.3) is 5.91 Å². The van der Waals surface area contributed by atoms with Gasteiger partial charge in [-0.15, -0.1) is 10.1 Å². The predicted octanol–water partition coefficient (Wildman–Crippen LogP) is 3.36. The van der Waals surface area contributed by atoms with Gasteiger partial charge in [0.1, 0.15) is 5.75 Å². The van der Waals surface area contributed by atoms with Crippen LogP contribution in [0, 0.1) is 0 Å². The zero-order valence-electron chi connectivity index (χ0n) is 16.8. The zero-order chi connectivity index (χ0) is 21.8. The van der Waals surface area contributed by atoms with E-state index < -0.39 is 12.1 Å². The van der Waals surface area contributed by atoms with E-state index in [1.807, 2.05) is 60.8 Å². The molecule has 0 aromatic heterocycles. The van der Waals surface area contributed by atoms with Crippen LogP contribution in [0.2, 0.25) is 5.02 Å². The van der Waals surface area contributed by atoms with Crippen molar-refractivity contribution in [1.82, 2.24) is 10.7 Å². The Morgan fingerprint density at radius 3 is 2.35 bits per heavy atom. The Hall–Kier alpha value is -3.64. The minimum Gasteiger partial charge on any atom is -0.497 e. The highest BCUT2D eigenvalue weighted by molar-refractivity contribution is 6.30. The van der Waals surface area contributed by atoms with Crippen molar-refractivity contribution in [3.63, 3.8) is 0 Å². The summed E-state index contributed by atoms with van der Waals surface area (Å²) in [7, 11) is 1.61. The lowest BCUT2D eigenvalue weighted by molar-refractivity contribution is -0.596. The Morgan fingerprint density at radius 2 is 1.71 bits per heavy atom. The largest absolute Gasteiger partial charge is 0.497 e. The molecule has 2 atom stereocenters. The van der Waals surface area contributed by atoms with E-state index in [1.54, 1.807) is 36.1 Å². The molecule has 31 heavy (non-hydrogen) atoms. The minimum absolute atomic E-state index is 0.291. The summed E-state index contributed by atoms with van der Waals surface area (Å²) >= 11 is 5.91. The summed E-state index contributed by atoms with van der Waals surface area (Å²) in [4.78, 5) is 25.6. The molecular formula is C24H21ClN3O3+. The third-order valence-electron chi connectivity index (χ3n) is 5.08. The molecule has 7 heteroatoms. The van der Waals surface area contributed by atoms with Crippen molar-refractivity contribution in [2.75, 3.05) is 7.11 Å². The fraction of sp³-hybridized carbons (Fsp3) is 0.125. The average molecular weight is 435 g/mol. The summed E-state index contributed by atoms with van der Waals surface area (Å²) in [5, 5.41) is 3.41. The summed E-state index contributed by atoms with van der Waals surface area (Å²) in [6.45, 7) is 0. The van der Waals surface area contributed by atoms with Gasteiger partial charge in [0.15, 0.2) is 6.04 Å². The van der Waals surface area contributed by atoms with Gasteiger partial charge in [-0.1, -0.05) is 41.9 Å². The number of hydrazone groups is 1. The van der Waals surface area contributed by atoms with Gasteiger partial charge in [-0.2, -0.15) is 0 Å². The average Bonchev–Trinajstić information content (AvgIpc) is 3.09. The molecule has 1 heterocycles. The normalized spacial score (nSPS) is 19.2. The number of halogens is 1. The number of carbonyl (C=O) groups is 2. The molecule has 0 spiro atoms. The first-order valence-electron chi connectivity index (χ1n) is 9.74. The topological polar surface area (TPSA) is 70.4 Å². The van der Waals surface area contributed by atoms with Crippen molar-refractivity contribution < 1.29 is 19.0 Å². The van der Waals surface area contributed by atoms with Gasteiger partial charge in [-0.05, 0) is 48.5 Å². The molecule has 1 saturated heterocycles. The van der Waals surface area contributed by atoms with Crippen LogP contribution in [0.3, 0.4) is 0 Å². The Kier molecular flexibility index (Phi) is 6.00. The smallest absolute Gasteiger partial charge is 0.304 e. The van der Waals surface area contributed by atoms with Crippen molar-refractivity contribution >= 4 is 29.6 Å². The van der Waals surface area contributed by atoms with Crippen LogP contribution in [-0.2, 0) is 4.79 Å². The standard InChI is InChI=1S/C24H20ClN3O3/c1-31-20-13-7-16(8-14-20)15-28-22(17-5-3-2-4-6-17)21(24(30)27-28)26-23(29)18-9-11-19(25)12-10-18/h2-15,21-22H,1H3,(H-,26,27,29,30)/p+1/b28-15-/t21-,22-/m1/s1. The van der Waals surface area contributed by atoms with E-state index in [2.05, 4.69) is 10.7 Å². The Labute approximate surface area is 185 Å². The molecule has 3 aromatic rings. The van der Waals surface area contributed by atoms with Crippen LogP contribution in [0.15, 0.2) is 78.9 Å². The van der Waals surface area contributed by atoms with Gasteiger partial charge in [-0.25, -0.2) is 0 Å². The second kappa shape index (κ2) is 9.02. The Bertz CT molecular complexity index is 1110. The van der Waals surface area contributed by atoms with E-state index in [-0.39, 0.29) is 11.8 Å². The highest BCUT2D eigenvalue weighted by Gasteiger charge is 2.47. The molecule has 3 aromatic carbocycles. The first-order valence-corrected chi connectivity index (χ1v) is 10.1. The van der Waals surface area contributed by atoms with Crippen LogP contribution in [0.25, 0.3) is 0 Å². The summed E-state index contributed by atoms with van der Waals surface area (Å²) < 4.78 is 6.93. The van der Waals surface area contributed by atoms with Gasteiger partial charge in [-0.3, -0.25) is 9.59 Å². The molecule has 0 bridgehead atoms. The van der Waals surface area contributed by atoms with Crippen molar-refractivity contribution in [3.05, 3.63) is 101 Å². The first kappa shape index (κ1) is 20.6. The van der Waals surface area contributed by atoms with Gasteiger partial charge in [0, 0.05) is 21.7 Å². The number of hydrogen-bond acceptors (Lipinski definition) is 3. The number of ether oxygens (including phenoxy) is 1. The lowest BCUT2D eigenvalue weighted by Crippen LogP contribution is -2.42. The summed E-state index contributed by atoms with van der Waals surface area (Å²) in [6, 6.07) is 22.4. The molecular weight excluding hydrogens is 414 g/mol. The summed E-state index contributed by atoms with van der Waals surface area (Å²) in [5.74, 6) is 0.111. The molecule has 2 N–H and O–H groups in total. The van der Waals surface area contributed by atoms with Gasteiger partial charge in [0.05, 0.1) is 7.11 Å². The van der Waals surface area contributed by atoms with E-state index >= 15 is 0 Å². The second-order valence-electron chi connectivity index (χ2n) is 7.10. The quantitative estimate of drug-likeness (QED) is 0.605. The molecule has 0 aliphatic carbocycles. The molecule has 0 saturated carbocycles. The molecule has 2 amide bonds.